The Hall–Kier alpha value is -2.12. The smallest absolute Gasteiger partial charge is 0.325 e. The van der Waals surface area contributed by atoms with E-state index in [1.54, 1.807) is 36.1 Å². The molecule has 2 unspecified atom stereocenters. The molecule has 0 radical (unpaired) electrons. The average Bonchev–Trinajstić information content (AvgIpc) is 2.86. The highest BCUT2D eigenvalue weighted by Crippen LogP contribution is 2.30. The lowest BCUT2D eigenvalue weighted by Gasteiger charge is -2.33. The topological polar surface area (TPSA) is 79.0 Å². The van der Waals surface area contributed by atoms with Gasteiger partial charge in [-0.3, -0.25) is 14.5 Å². The molecule has 4 amide bonds. The van der Waals surface area contributed by atoms with Crippen molar-refractivity contribution in [3.8, 4) is 0 Å². The summed E-state index contributed by atoms with van der Waals surface area (Å²) in [6.45, 7) is 4.73. The molecule has 1 N–H and O–H groups in total. The van der Waals surface area contributed by atoms with Gasteiger partial charge in [0, 0.05) is 18.1 Å². The lowest BCUT2D eigenvalue weighted by molar-refractivity contribution is -0.143. The zero-order valence-corrected chi connectivity index (χ0v) is 15.6. The Morgan fingerprint density at radius 2 is 2.19 bits per heavy atom. The van der Waals surface area contributed by atoms with Crippen molar-refractivity contribution in [2.75, 3.05) is 26.2 Å². The van der Waals surface area contributed by atoms with E-state index in [2.05, 4.69) is 5.32 Å². The molecule has 0 bridgehead atoms. The molecule has 2 heterocycles. The quantitative estimate of drug-likeness (QED) is 0.808. The summed E-state index contributed by atoms with van der Waals surface area (Å²) in [4.78, 5) is 40.5. The Morgan fingerprint density at radius 3 is 2.88 bits per heavy atom. The number of nitrogens with zero attached hydrogens (tertiary/aromatic N) is 2. The van der Waals surface area contributed by atoms with Crippen LogP contribution in [0.3, 0.4) is 0 Å². The van der Waals surface area contributed by atoms with Gasteiger partial charge in [-0.25, -0.2) is 4.79 Å². The van der Waals surface area contributed by atoms with E-state index in [-0.39, 0.29) is 18.6 Å². The Labute approximate surface area is 157 Å². The highest BCUT2D eigenvalue weighted by molar-refractivity contribution is 6.30. The van der Waals surface area contributed by atoms with Crippen molar-refractivity contribution in [1.82, 2.24) is 15.1 Å². The van der Waals surface area contributed by atoms with E-state index >= 15 is 0 Å². The van der Waals surface area contributed by atoms with Crippen molar-refractivity contribution in [1.29, 1.82) is 0 Å². The van der Waals surface area contributed by atoms with Crippen LogP contribution in [0.2, 0.25) is 5.02 Å². The van der Waals surface area contributed by atoms with Crippen molar-refractivity contribution in [2.24, 2.45) is 0 Å². The number of benzene rings is 1. The van der Waals surface area contributed by atoms with Gasteiger partial charge in [-0.15, -0.1) is 0 Å². The minimum atomic E-state index is -1.24. The summed E-state index contributed by atoms with van der Waals surface area (Å²) in [5.74, 6) is -0.719. The summed E-state index contributed by atoms with van der Waals surface area (Å²) >= 11 is 6.01. The third-order valence-corrected chi connectivity index (χ3v) is 5.15. The van der Waals surface area contributed by atoms with Crippen LogP contribution >= 0.6 is 11.6 Å². The molecular weight excluding hydrogens is 358 g/mol. The maximum absolute atomic E-state index is 12.9. The normalized spacial score (nSPS) is 26.2. The first-order chi connectivity index (χ1) is 12.3. The molecule has 2 atom stereocenters. The number of hydrogen-bond donors (Lipinski definition) is 1. The average molecular weight is 380 g/mol. The first kappa shape index (κ1) is 18.7. The molecule has 1 aromatic rings. The fraction of sp³-hybridized carbons (Fsp3) is 0.500. The molecule has 0 aromatic heterocycles. The molecule has 3 rings (SSSR count). The maximum Gasteiger partial charge on any atom is 0.325 e. The molecule has 8 heteroatoms. The Bertz CT molecular complexity index is 741. The van der Waals surface area contributed by atoms with Crippen LogP contribution in [-0.4, -0.2) is 60.0 Å². The maximum atomic E-state index is 12.9. The van der Waals surface area contributed by atoms with E-state index in [4.69, 9.17) is 16.3 Å². The minimum absolute atomic E-state index is 0.00691. The summed E-state index contributed by atoms with van der Waals surface area (Å²) in [6, 6.07) is 6.20. The largest absolute Gasteiger partial charge is 0.375 e. The summed E-state index contributed by atoms with van der Waals surface area (Å²) in [7, 11) is 0. The van der Waals surface area contributed by atoms with Gasteiger partial charge in [0.25, 0.3) is 5.91 Å². The van der Waals surface area contributed by atoms with Gasteiger partial charge in [-0.05, 0) is 31.0 Å². The van der Waals surface area contributed by atoms with Crippen molar-refractivity contribution >= 4 is 29.4 Å². The van der Waals surface area contributed by atoms with Crippen LogP contribution in [0.5, 0.6) is 0 Å². The fourth-order valence-electron chi connectivity index (χ4n) is 3.26. The van der Waals surface area contributed by atoms with Crippen LogP contribution in [0, 0.1) is 0 Å². The molecular formula is C18H22ClN3O4. The van der Waals surface area contributed by atoms with E-state index in [0.29, 0.717) is 30.3 Å². The Morgan fingerprint density at radius 1 is 1.42 bits per heavy atom. The third-order valence-electron chi connectivity index (χ3n) is 4.92. The number of amides is 4. The number of hydrogen-bond acceptors (Lipinski definition) is 4. The summed E-state index contributed by atoms with van der Waals surface area (Å²) < 4.78 is 5.56. The molecule has 7 nitrogen and oxygen atoms in total. The Kier molecular flexibility index (Phi) is 5.20. The van der Waals surface area contributed by atoms with E-state index < -0.39 is 17.5 Å². The molecule has 26 heavy (non-hydrogen) atoms. The minimum Gasteiger partial charge on any atom is -0.375 e. The van der Waals surface area contributed by atoms with E-state index in [1.165, 1.54) is 0 Å². The van der Waals surface area contributed by atoms with Gasteiger partial charge >= 0.3 is 6.03 Å². The predicted molar refractivity (Wildman–Crippen MR) is 95.7 cm³/mol. The van der Waals surface area contributed by atoms with Crippen LogP contribution in [0.25, 0.3) is 0 Å². The first-order valence-electron chi connectivity index (χ1n) is 8.64. The molecule has 0 aliphatic carbocycles. The van der Waals surface area contributed by atoms with Crippen molar-refractivity contribution < 1.29 is 19.1 Å². The second kappa shape index (κ2) is 7.25. The number of nitrogens with one attached hydrogen (secondary N) is 1. The zero-order chi connectivity index (χ0) is 18.9. The van der Waals surface area contributed by atoms with Crippen LogP contribution in [-0.2, 0) is 19.9 Å². The van der Waals surface area contributed by atoms with E-state index in [1.807, 2.05) is 6.92 Å². The fourth-order valence-corrected chi connectivity index (χ4v) is 3.45. The van der Waals surface area contributed by atoms with Gasteiger partial charge in [-0.1, -0.05) is 30.7 Å². The van der Waals surface area contributed by atoms with Gasteiger partial charge in [0.05, 0.1) is 12.7 Å². The molecule has 0 spiro atoms. The van der Waals surface area contributed by atoms with Gasteiger partial charge < -0.3 is 15.0 Å². The molecule has 0 saturated carbocycles. The monoisotopic (exact) mass is 379 g/mol. The number of ether oxygens (including phenoxy) is 1. The van der Waals surface area contributed by atoms with Crippen LogP contribution in [0.4, 0.5) is 4.79 Å². The van der Waals surface area contributed by atoms with Crippen LogP contribution in [0.1, 0.15) is 25.8 Å². The standard InChI is InChI=1S/C18H22ClN3O4/c1-3-14-10-21(7-8-26-14)15(23)11-22-16(24)18(2,20-17(22)25)12-5-4-6-13(19)9-12/h4-6,9,14H,3,7-8,10-11H2,1-2H3,(H,20,25). The lowest BCUT2D eigenvalue weighted by Crippen LogP contribution is -2.50. The van der Waals surface area contributed by atoms with Gasteiger partial charge in [0.1, 0.15) is 12.1 Å². The number of urea groups is 1. The van der Waals surface area contributed by atoms with E-state index in [0.717, 1.165) is 11.3 Å². The number of carbonyl (C=O) groups excluding carboxylic acids is 3. The van der Waals surface area contributed by atoms with E-state index in [9.17, 15) is 14.4 Å². The van der Waals surface area contributed by atoms with Gasteiger partial charge in [-0.2, -0.15) is 0 Å². The molecule has 1 aromatic carbocycles. The first-order valence-corrected chi connectivity index (χ1v) is 9.02. The van der Waals surface area contributed by atoms with Crippen molar-refractivity contribution in [3.63, 3.8) is 0 Å². The Balaban J connectivity index is 1.74. The molecule has 2 aliphatic rings. The molecule has 2 fully saturated rings. The molecule has 2 saturated heterocycles. The second-order valence-corrected chi connectivity index (χ2v) is 7.13. The number of halogens is 1. The van der Waals surface area contributed by atoms with Crippen LogP contribution in [0.15, 0.2) is 24.3 Å². The summed E-state index contributed by atoms with van der Waals surface area (Å²) in [5, 5.41) is 3.16. The summed E-state index contributed by atoms with van der Waals surface area (Å²) in [5.41, 5.74) is -0.658. The second-order valence-electron chi connectivity index (χ2n) is 6.70. The van der Waals surface area contributed by atoms with Crippen molar-refractivity contribution in [2.45, 2.75) is 31.9 Å². The highest BCUT2D eigenvalue weighted by Gasteiger charge is 2.49. The van der Waals surface area contributed by atoms with Gasteiger partial charge in [0.2, 0.25) is 5.91 Å². The summed E-state index contributed by atoms with van der Waals surface area (Å²) in [6.07, 6.45) is 0.798. The predicted octanol–water partition coefficient (Wildman–Crippen LogP) is 1.74. The zero-order valence-electron chi connectivity index (χ0n) is 14.8. The SMILES string of the molecule is CCC1CN(C(=O)CN2C(=O)NC(C)(c3cccc(Cl)c3)C2=O)CCO1. The number of morpholine rings is 1. The van der Waals surface area contributed by atoms with Crippen molar-refractivity contribution in [3.05, 3.63) is 34.9 Å². The number of carbonyl (C=O) groups is 3. The lowest BCUT2D eigenvalue weighted by atomic mass is 9.92. The third kappa shape index (κ3) is 3.41. The van der Waals surface area contributed by atoms with Gasteiger partial charge in [0.15, 0.2) is 0 Å². The number of rotatable bonds is 4. The molecule has 2 aliphatic heterocycles. The van der Waals surface area contributed by atoms with Crippen LogP contribution < -0.4 is 5.32 Å². The highest BCUT2D eigenvalue weighted by atomic mass is 35.5. The number of imide groups is 1. The molecule has 140 valence electrons.